The van der Waals surface area contributed by atoms with E-state index in [0.717, 1.165) is 18.7 Å². The summed E-state index contributed by atoms with van der Waals surface area (Å²) >= 11 is 0. The van der Waals surface area contributed by atoms with Crippen molar-refractivity contribution in [3.05, 3.63) is 29.6 Å². The molecular formula is C14H21FN2O. The van der Waals surface area contributed by atoms with E-state index in [2.05, 4.69) is 11.8 Å². The molecule has 0 aliphatic carbocycles. The van der Waals surface area contributed by atoms with Gasteiger partial charge in [0.25, 0.3) is 0 Å². The zero-order chi connectivity index (χ0) is 13.1. The van der Waals surface area contributed by atoms with Crippen molar-refractivity contribution < 1.29 is 9.13 Å². The first-order chi connectivity index (χ1) is 8.65. The first kappa shape index (κ1) is 13.3. The van der Waals surface area contributed by atoms with Crippen molar-refractivity contribution in [1.82, 2.24) is 4.90 Å². The van der Waals surface area contributed by atoms with E-state index in [1.807, 2.05) is 6.07 Å². The van der Waals surface area contributed by atoms with E-state index in [4.69, 9.17) is 10.5 Å². The smallest absolute Gasteiger partial charge is 0.165 e. The van der Waals surface area contributed by atoms with Gasteiger partial charge in [0.1, 0.15) is 0 Å². The lowest BCUT2D eigenvalue weighted by molar-refractivity contribution is 0.243. The molecule has 100 valence electrons. The van der Waals surface area contributed by atoms with Crippen molar-refractivity contribution in [2.75, 3.05) is 26.7 Å². The highest BCUT2D eigenvalue weighted by Crippen LogP contribution is 2.29. The maximum absolute atomic E-state index is 13.7. The molecule has 0 spiro atoms. The first-order valence-corrected chi connectivity index (χ1v) is 6.43. The molecule has 18 heavy (non-hydrogen) atoms. The summed E-state index contributed by atoms with van der Waals surface area (Å²) in [6.07, 6.45) is 1.19. The van der Waals surface area contributed by atoms with Crippen LogP contribution in [0.4, 0.5) is 4.39 Å². The van der Waals surface area contributed by atoms with E-state index < -0.39 is 0 Å². The molecule has 2 unspecified atom stereocenters. The van der Waals surface area contributed by atoms with Crippen LogP contribution in [-0.2, 0) is 0 Å². The third kappa shape index (κ3) is 2.65. The van der Waals surface area contributed by atoms with E-state index in [9.17, 15) is 4.39 Å². The third-order valence-electron chi connectivity index (χ3n) is 3.68. The first-order valence-electron chi connectivity index (χ1n) is 6.43. The molecule has 2 N–H and O–H groups in total. The number of hydrogen-bond donors (Lipinski definition) is 1. The molecule has 1 aliphatic heterocycles. The van der Waals surface area contributed by atoms with Crippen molar-refractivity contribution >= 4 is 0 Å². The number of nitrogens with zero attached hydrogens (tertiary/aromatic N) is 1. The number of benzene rings is 1. The Morgan fingerprint density at radius 3 is 2.83 bits per heavy atom. The van der Waals surface area contributed by atoms with Crippen LogP contribution in [0.5, 0.6) is 5.75 Å². The van der Waals surface area contributed by atoms with Gasteiger partial charge in [0, 0.05) is 19.1 Å². The lowest BCUT2D eigenvalue weighted by atomic mass is 10.1. The summed E-state index contributed by atoms with van der Waals surface area (Å²) < 4.78 is 18.7. The van der Waals surface area contributed by atoms with E-state index in [0.29, 0.717) is 12.5 Å². The molecule has 2 atom stereocenters. The van der Waals surface area contributed by atoms with Gasteiger partial charge >= 0.3 is 0 Å². The zero-order valence-corrected chi connectivity index (χ0v) is 11.0. The van der Waals surface area contributed by atoms with Gasteiger partial charge in [-0.15, -0.1) is 0 Å². The van der Waals surface area contributed by atoms with Gasteiger partial charge in [0.2, 0.25) is 0 Å². The minimum absolute atomic E-state index is 0.107. The quantitative estimate of drug-likeness (QED) is 0.892. The number of hydrogen-bond acceptors (Lipinski definition) is 3. The summed E-state index contributed by atoms with van der Waals surface area (Å²) in [5.41, 5.74) is 6.79. The van der Waals surface area contributed by atoms with Crippen molar-refractivity contribution in [3.8, 4) is 5.75 Å². The predicted molar refractivity (Wildman–Crippen MR) is 70.1 cm³/mol. The van der Waals surface area contributed by atoms with E-state index in [1.165, 1.54) is 13.5 Å². The summed E-state index contributed by atoms with van der Waals surface area (Å²) in [5, 5.41) is 0. The Labute approximate surface area is 108 Å². The number of methoxy groups -OCH3 is 1. The Morgan fingerprint density at radius 1 is 1.56 bits per heavy atom. The van der Waals surface area contributed by atoms with Gasteiger partial charge in [0.05, 0.1) is 7.11 Å². The summed E-state index contributed by atoms with van der Waals surface area (Å²) in [6.45, 7) is 4.83. The topological polar surface area (TPSA) is 38.5 Å². The van der Waals surface area contributed by atoms with Crippen LogP contribution in [0.15, 0.2) is 18.2 Å². The average Bonchev–Trinajstić information content (AvgIpc) is 2.77. The maximum Gasteiger partial charge on any atom is 0.165 e. The summed E-state index contributed by atoms with van der Waals surface area (Å²) in [6, 6.07) is 5.23. The van der Waals surface area contributed by atoms with Crippen LogP contribution in [0, 0.1) is 11.7 Å². The van der Waals surface area contributed by atoms with Crippen LogP contribution < -0.4 is 10.5 Å². The number of ether oxygens (including phenoxy) is 1. The van der Waals surface area contributed by atoms with E-state index >= 15 is 0 Å². The fourth-order valence-electron chi connectivity index (χ4n) is 2.64. The highest BCUT2D eigenvalue weighted by Gasteiger charge is 2.26. The predicted octanol–water partition coefficient (Wildman–Crippen LogP) is 2.18. The normalized spacial score (nSPS) is 22.1. The molecule has 0 radical (unpaired) electrons. The van der Waals surface area contributed by atoms with Crippen LogP contribution in [-0.4, -0.2) is 31.6 Å². The number of rotatable bonds is 4. The number of halogens is 1. The molecule has 2 rings (SSSR count). The fourth-order valence-corrected chi connectivity index (χ4v) is 2.64. The Morgan fingerprint density at radius 2 is 2.33 bits per heavy atom. The van der Waals surface area contributed by atoms with Crippen LogP contribution >= 0.6 is 0 Å². The maximum atomic E-state index is 13.7. The second-order valence-corrected chi connectivity index (χ2v) is 5.03. The van der Waals surface area contributed by atoms with Gasteiger partial charge in [-0.25, -0.2) is 4.39 Å². The van der Waals surface area contributed by atoms with Crippen LogP contribution in [0.2, 0.25) is 0 Å². The molecule has 1 saturated heterocycles. The van der Waals surface area contributed by atoms with Crippen molar-refractivity contribution in [2.45, 2.75) is 19.4 Å². The summed E-state index contributed by atoms with van der Waals surface area (Å²) in [5.74, 6) is 0.659. The largest absolute Gasteiger partial charge is 0.494 e. The minimum Gasteiger partial charge on any atom is -0.494 e. The molecule has 4 heteroatoms. The minimum atomic E-state index is -0.319. The highest BCUT2D eigenvalue weighted by molar-refractivity contribution is 5.31. The van der Waals surface area contributed by atoms with Gasteiger partial charge < -0.3 is 10.5 Å². The zero-order valence-electron chi connectivity index (χ0n) is 11.0. The second kappa shape index (κ2) is 5.67. The van der Waals surface area contributed by atoms with Crippen LogP contribution in [0.25, 0.3) is 0 Å². The summed E-state index contributed by atoms with van der Waals surface area (Å²) in [7, 11) is 1.47. The Bertz CT molecular complexity index is 411. The lowest BCUT2D eigenvalue weighted by Gasteiger charge is -2.27. The Hall–Kier alpha value is -1.13. The monoisotopic (exact) mass is 252 g/mol. The molecule has 0 bridgehead atoms. The highest BCUT2D eigenvalue weighted by atomic mass is 19.1. The molecule has 1 aliphatic rings. The molecular weight excluding hydrogens is 231 g/mol. The van der Waals surface area contributed by atoms with Gasteiger partial charge in [-0.05, 0) is 36.6 Å². The van der Waals surface area contributed by atoms with Crippen molar-refractivity contribution in [1.29, 1.82) is 0 Å². The van der Waals surface area contributed by atoms with Crippen molar-refractivity contribution in [3.63, 3.8) is 0 Å². The van der Waals surface area contributed by atoms with Gasteiger partial charge in [-0.2, -0.15) is 0 Å². The number of likely N-dealkylation sites (tertiary alicyclic amines) is 1. The Kier molecular flexibility index (Phi) is 4.19. The molecule has 0 amide bonds. The van der Waals surface area contributed by atoms with Crippen LogP contribution in [0.1, 0.15) is 24.9 Å². The second-order valence-electron chi connectivity index (χ2n) is 5.03. The van der Waals surface area contributed by atoms with E-state index in [1.54, 1.807) is 12.1 Å². The molecule has 1 fully saturated rings. The van der Waals surface area contributed by atoms with Gasteiger partial charge in [-0.1, -0.05) is 13.0 Å². The third-order valence-corrected chi connectivity index (χ3v) is 3.68. The van der Waals surface area contributed by atoms with Crippen molar-refractivity contribution in [2.24, 2.45) is 11.7 Å². The standard InChI is InChI=1S/C14H21FN2O/c1-10-5-6-17(9-10)13(8-16)11-3-4-14(18-2)12(15)7-11/h3-4,7,10,13H,5-6,8-9,16H2,1-2H3. The van der Waals surface area contributed by atoms with Gasteiger partial charge in [0.15, 0.2) is 11.6 Å². The molecule has 1 heterocycles. The number of nitrogens with two attached hydrogens (primary N) is 1. The fraction of sp³-hybridized carbons (Fsp3) is 0.571. The van der Waals surface area contributed by atoms with Crippen LogP contribution in [0.3, 0.4) is 0 Å². The molecule has 3 nitrogen and oxygen atoms in total. The summed E-state index contributed by atoms with van der Waals surface area (Å²) in [4.78, 5) is 2.34. The average molecular weight is 252 g/mol. The van der Waals surface area contributed by atoms with E-state index in [-0.39, 0.29) is 17.6 Å². The molecule has 1 aromatic rings. The molecule has 0 aromatic heterocycles. The molecule has 1 aromatic carbocycles. The lowest BCUT2D eigenvalue weighted by Crippen LogP contribution is -2.32. The van der Waals surface area contributed by atoms with Gasteiger partial charge in [-0.3, -0.25) is 4.90 Å². The Balaban J connectivity index is 2.19. The molecule has 0 saturated carbocycles. The SMILES string of the molecule is COc1ccc(C(CN)N2CCC(C)C2)cc1F.